The van der Waals surface area contributed by atoms with Gasteiger partial charge in [0.15, 0.2) is 5.96 Å². The molecular formula is C27H40N6. The number of aliphatic imine (C=N–C) groups is 1. The van der Waals surface area contributed by atoms with Gasteiger partial charge in [0.2, 0.25) is 0 Å². The van der Waals surface area contributed by atoms with Crippen molar-refractivity contribution in [3.63, 3.8) is 0 Å². The SMILES string of the molecule is CN=C(NCc1ccc(CN2CCCC2)cc1)NCc1ccc(CN2CCN(C)CC2)cc1. The number of likely N-dealkylation sites (N-methyl/N-ethyl adjacent to an activating group) is 1. The quantitative estimate of drug-likeness (QED) is 0.480. The van der Waals surface area contributed by atoms with Gasteiger partial charge in [-0.3, -0.25) is 14.8 Å². The summed E-state index contributed by atoms with van der Waals surface area (Å²) < 4.78 is 0. The van der Waals surface area contributed by atoms with Crippen LogP contribution in [0.1, 0.15) is 35.1 Å². The molecule has 2 aliphatic heterocycles. The van der Waals surface area contributed by atoms with Crippen LogP contribution in [0.5, 0.6) is 0 Å². The Hall–Kier alpha value is -2.41. The predicted molar refractivity (Wildman–Crippen MR) is 137 cm³/mol. The summed E-state index contributed by atoms with van der Waals surface area (Å²) in [6, 6.07) is 17.9. The topological polar surface area (TPSA) is 46.1 Å². The Balaban J connectivity index is 1.18. The average Bonchev–Trinajstić information content (AvgIpc) is 3.36. The third-order valence-corrected chi connectivity index (χ3v) is 6.80. The molecule has 2 aromatic rings. The Bertz CT molecular complexity index is 862. The van der Waals surface area contributed by atoms with Crippen molar-refractivity contribution in [2.24, 2.45) is 4.99 Å². The van der Waals surface area contributed by atoms with E-state index in [-0.39, 0.29) is 0 Å². The molecule has 2 aromatic carbocycles. The molecule has 0 unspecified atom stereocenters. The fourth-order valence-corrected chi connectivity index (χ4v) is 4.58. The number of piperazine rings is 1. The summed E-state index contributed by atoms with van der Waals surface area (Å²) in [5.74, 6) is 0.831. The van der Waals surface area contributed by atoms with Crippen LogP contribution in [0.2, 0.25) is 0 Å². The molecule has 2 saturated heterocycles. The lowest BCUT2D eigenvalue weighted by Gasteiger charge is -2.32. The molecule has 0 amide bonds. The lowest BCUT2D eigenvalue weighted by atomic mass is 10.1. The number of benzene rings is 2. The van der Waals surface area contributed by atoms with Gasteiger partial charge in [0.25, 0.3) is 0 Å². The van der Waals surface area contributed by atoms with E-state index < -0.39 is 0 Å². The van der Waals surface area contributed by atoms with Gasteiger partial charge in [0.05, 0.1) is 0 Å². The van der Waals surface area contributed by atoms with Crippen LogP contribution >= 0.6 is 0 Å². The highest BCUT2D eigenvalue weighted by molar-refractivity contribution is 5.79. The van der Waals surface area contributed by atoms with Gasteiger partial charge in [-0.25, -0.2) is 0 Å². The fourth-order valence-electron chi connectivity index (χ4n) is 4.58. The standard InChI is InChI=1S/C27H40N6/c1-28-27(29-19-23-5-9-25(10-6-23)21-32-13-3-4-14-32)30-20-24-7-11-26(12-8-24)22-33-17-15-31(2)16-18-33/h5-12H,3-4,13-22H2,1-2H3,(H2,28,29,30). The third kappa shape index (κ3) is 7.56. The molecule has 2 aliphatic rings. The van der Waals surface area contributed by atoms with Crippen molar-refractivity contribution in [1.82, 2.24) is 25.3 Å². The molecule has 0 spiro atoms. The Labute approximate surface area is 199 Å². The zero-order valence-electron chi connectivity index (χ0n) is 20.4. The van der Waals surface area contributed by atoms with Crippen molar-refractivity contribution in [3.05, 3.63) is 70.8 Å². The van der Waals surface area contributed by atoms with E-state index in [0.29, 0.717) is 0 Å². The number of nitrogens with zero attached hydrogens (tertiary/aromatic N) is 4. The molecule has 2 heterocycles. The van der Waals surface area contributed by atoms with Crippen molar-refractivity contribution in [2.45, 2.75) is 39.0 Å². The van der Waals surface area contributed by atoms with E-state index in [0.717, 1.165) is 58.3 Å². The Morgan fingerprint density at radius 3 is 1.55 bits per heavy atom. The van der Waals surface area contributed by atoms with Crippen LogP contribution in [0.3, 0.4) is 0 Å². The van der Waals surface area contributed by atoms with Gasteiger partial charge in [-0.1, -0.05) is 48.5 Å². The van der Waals surface area contributed by atoms with E-state index in [9.17, 15) is 0 Å². The number of likely N-dealkylation sites (tertiary alicyclic amines) is 1. The van der Waals surface area contributed by atoms with Crippen LogP contribution < -0.4 is 10.6 Å². The van der Waals surface area contributed by atoms with Crippen LogP contribution in [0.4, 0.5) is 0 Å². The highest BCUT2D eigenvalue weighted by Crippen LogP contribution is 2.13. The molecule has 4 rings (SSSR count). The van der Waals surface area contributed by atoms with Gasteiger partial charge < -0.3 is 15.5 Å². The maximum absolute atomic E-state index is 4.38. The minimum atomic E-state index is 0.767. The molecule has 6 heteroatoms. The lowest BCUT2D eigenvalue weighted by Crippen LogP contribution is -2.43. The first-order valence-electron chi connectivity index (χ1n) is 12.4. The van der Waals surface area contributed by atoms with Gasteiger partial charge >= 0.3 is 0 Å². The van der Waals surface area contributed by atoms with Gasteiger partial charge in [-0.05, 0) is 55.2 Å². The number of hydrogen-bond acceptors (Lipinski definition) is 4. The summed E-state index contributed by atoms with van der Waals surface area (Å²) in [6.45, 7) is 10.8. The molecule has 0 saturated carbocycles. The normalized spacial score (nSPS) is 18.5. The first-order chi connectivity index (χ1) is 16.2. The van der Waals surface area contributed by atoms with E-state index in [1.165, 1.54) is 48.2 Å². The largest absolute Gasteiger partial charge is 0.352 e. The van der Waals surface area contributed by atoms with Crippen molar-refractivity contribution < 1.29 is 0 Å². The first-order valence-corrected chi connectivity index (χ1v) is 12.4. The van der Waals surface area contributed by atoms with Gasteiger partial charge in [0, 0.05) is 59.4 Å². The van der Waals surface area contributed by atoms with Gasteiger partial charge in [0.1, 0.15) is 0 Å². The van der Waals surface area contributed by atoms with Crippen molar-refractivity contribution in [2.75, 3.05) is 53.4 Å². The maximum Gasteiger partial charge on any atom is 0.191 e. The summed E-state index contributed by atoms with van der Waals surface area (Å²) in [4.78, 5) is 11.9. The summed E-state index contributed by atoms with van der Waals surface area (Å²) >= 11 is 0. The maximum atomic E-state index is 4.38. The molecule has 178 valence electrons. The molecule has 0 atom stereocenters. The molecule has 0 bridgehead atoms. The molecule has 33 heavy (non-hydrogen) atoms. The molecule has 0 aliphatic carbocycles. The Morgan fingerprint density at radius 1 is 0.667 bits per heavy atom. The summed E-state index contributed by atoms with van der Waals surface area (Å²) in [5.41, 5.74) is 5.33. The van der Waals surface area contributed by atoms with Crippen molar-refractivity contribution >= 4 is 5.96 Å². The highest BCUT2D eigenvalue weighted by atomic mass is 15.2. The first kappa shape index (κ1) is 23.7. The Kier molecular flexibility index (Phi) is 8.75. The Morgan fingerprint density at radius 2 is 1.09 bits per heavy atom. The number of hydrogen-bond donors (Lipinski definition) is 2. The summed E-state index contributed by atoms with van der Waals surface area (Å²) in [6.07, 6.45) is 2.68. The molecule has 2 fully saturated rings. The molecule has 6 nitrogen and oxygen atoms in total. The monoisotopic (exact) mass is 448 g/mol. The predicted octanol–water partition coefficient (Wildman–Crippen LogP) is 2.90. The molecule has 2 N–H and O–H groups in total. The zero-order valence-corrected chi connectivity index (χ0v) is 20.4. The number of rotatable bonds is 8. The second kappa shape index (κ2) is 12.2. The summed E-state index contributed by atoms with van der Waals surface area (Å²) in [5, 5.41) is 6.87. The van der Waals surface area contributed by atoms with Crippen LogP contribution in [-0.2, 0) is 26.2 Å². The summed E-state index contributed by atoms with van der Waals surface area (Å²) in [7, 11) is 4.03. The zero-order chi connectivity index (χ0) is 22.9. The third-order valence-electron chi connectivity index (χ3n) is 6.80. The van der Waals surface area contributed by atoms with Crippen LogP contribution in [-0.4, -0.2) is 74.0 Å². The second-order valence-electron chi connectivity index (χ2n) is 9.47. The van der Waals surface area contributed by atoms with E-state index in [1.807, 2.05) is 7.05 Å². The van der Waals surface area contributed by atoms with E-state index >= 15 is 0 Å². The van der Waals surface area contributed by atoms with E-state index in [4.69, 9.17) is 0 Å². The average molecular weight is 449 g/mol. The van der Waals surface area contributed by atoms with Crippen LogP contribution in [0, 0.1) is 0 Å². The van der Waals surface area contributed by atoms with Gasteiger partial charge in [-0.15, -0.1) is 0 Å². The van der Waals surface area contributed by atoms with E-state index in [1.54, 1.807) is 0 Å². The van der Waals surface area contributed by atoms with Crippen LogP contribution in [0.25, 0.3) is 0 Å². The fraction of sp³-hybridized carbons (Fsp3) is 0.519. The van der Waals surface area contributed by atoms with Crippen LogP contribution in [0.15, 0.2) is 53.5 Å². The van der Waals surface area contributed by atoms with Gasteiger partial charge in [-0.2, -0.15) is 0 Å². The van der Waals surface area contributed by atoms with Crippen molar-refractivity contribution in [1.29, 1.82) is 0 Å². The smallest absolute Gasteiger partial charge is 0.191 e. The lowest BCUT2D eigenvalue weighted by molar-refractivity contribution is 0.148. The van der Waals surface area contributed by atoms with Crippen molar-refractivity contribution in [3.8, 4) is 0 Å². The second-order valence-corrected chi connectivity index (χ2v) is 9.47. The number of guanidine groups is 1. The molecule has 0 aromatic heterocycles. The minimum absolute atomic E-state index is 0.767. The number of nitrogens with one attached hydrogen (secondary N) is 2. The molecular weight excluding hydrogens is 408 g/mol. The van der Waals surface area contributed by atoms with E-state index in [2.05, 4.69) is 85.9 Å². The molecule has 0 radical (unpaired) electrons. The highest BCUT2D eigenvalue weighted by Gasteiger charge is 2.14. The minimum Gasteiger partial charge on any atom is -0.352 e.